The van der Waals surface area contributed by atoms with Gasteiger partial charge >= 0.3 is 0 Å². The van der Waals surface area contributed by atoms with Crippen molar-refractivity contribution in [3.63, 3.8) is 0 Å². The van der Waals surface area contributed by atoms with E-state index in [9.17, 15) is 0 Å². The maximum Gasteiger partial charge on any atom is 0.00930 e. The molecule has 1 heterocycles. The zero-order valence-corrected chi connectivity index (χ0v) is 8.98. The first kappa shape index (κ1) is 10.0. The van der Waals surface area contributed by atoms with E-state index in [1.165, 1.54) is 25.8 Å². The molecule has 12 heavy (non-hydrogen) atoms. The van der Waals surface area contributed by atoms with Crippen molar-refractivity contribution in [3.05, 3.63) is 0 Å². The van der Waals surface area contributed by atoms with E-state index < -0.39 is 0 Å². The molecule has 0 aromatic heterocycles. The minimum atomic E-state index is 0.532. The second-order valence-corrected chi connectivity index (χ2v) is 5.08. The van der Waals surface area contributed by atoms with Gasteiger partial charge in [-0.2, -0.15) is 0 Å². The molecule has 1 heteroatoms. The van der Waals surface area contributed by atoms with Crippen molar-refractivity contribution in [2.24, 2.45) is 11.3 Å². The highest BCUT2D eigenvalue weighted by Crippen LogP contribution is 2.29. The maximum absolute atomic E-state index is 3.66. The van der Waals surface area contributed by atoms with Crippen LogP contribution in [0.25, 0.3) is 0 Å². The molecule has 0 bridgehead atoms. The van der Waals surface area contributed by atoms with Crippen LogP contribution in [0.3, 0.4) is 0 Å². The summed E-state index contributed by atoms with van der Waals surface area (Å²) in [6.45, 7) is 10.5. The summed E-state index contributed by atoms with van der Waals surface area (Å²) < 4.78 is 0. The van der Waals surface area contributed by atoms with Crippen molar-refractivity contribution in [3.8, 4) is 0 Å². The molecule has 1 fully saturated rings. The van der Waals surface area contributed by atoms with E-state index in [0.29, 0.717) is 5.41 Å². The topological polar surface area (TPSA) is 12.0 Å². The van der Waals surface area contributed by atoms with Gasteiger partial charge in [0.05, 0.1) is 0 Å². The van der Waals surface area contributed by atoms with Crippen LogP contribution in [-0.4, -0.2) is 12.6 Å². The van der Waals surface area contributed by atoms with E-state index in [-0.39, 0.29) is 0 Å². The van der Waals surface area contributed by atoms with Crippen molar-refractivity contribution < 1.29 is 0 Å². The molecule has 2 unspecified atom stereocenters. The summed E-state index contributed by atoms with van der Waals surface area (Å²) >= 11 is 0. The van der Waals surface area contributed by atoms with Crippen molar-refractivity contribution in [1.29, 1.82) is 0 Å². The third kappa shape index (κ3) is 2.48. The van der Waals surface area contributed by atoms with Gasteiger partial charge in [-0.15, -0.1) is 0 Å². The van der Waals surface area contributed by atoms with Gasteiger partial charge in [-0.05, 0) is 24.2 Å². The highest BCUT2D eigenvalue weighted by Gasteiger charge is 2.28. The van der Waals surface area contributed by atoms with Crippen LogP contribution in [0.1, 0.15) is 47.0 Å². The van der Waals surface area contributed by atoms with Crippen LogP contribution in [0.4, 0.5) is 0 Å². The molecule has 1 rings (SSSR count). The number of piperidine rings is 1. The molecule has 1 N–H and O–H groups in total. The third-order valence-electron chi connectivity index (χ3n) is 3.31. The molecule has 0 radical (unpaired) electrons. The van der Waals surface area contributed by atoms with Gasteiger partial charge in [-0.25, -0.2) is 0 Å². The molecule has 0 saturated carbocycles. The second kappa shape index (κ2) is 3.78. The Balaban J connectivity index is 2.36. The minimum absolute atomic E-state index is 0.532. The SMILES string of the molecule is CCC(C)C1CCC(C)(C)CN1. The number of rotatable bonds is 2. The first-order valence-corrected chi connectivity index (χ1v) is 5.28. The van der Waals surface area contributed by atoms with Crippen LogP contribution < -0.4 is 5.32 Å². The van der Waals surface area contributed by atoms with Crippen molar-refractivity contribution >= 4 is 0 Å². The minimum Gasteiger partial charge on any atom is -0.313 e. The zero-order chi connectivity index (χ0) is 9.19. The average molecular weight is 169 g/mol. The average Bonchev–Trinajstić information content (AvgIpc) is 2.03. The van der Waals surface area contributed by atoms with Crippen molar-refractivity contribution in [2.45, 2.75) is 53.0 Å². The van der Waals surface area contributed by atoms with E-state index in [4.69, 9.17) is 0 Å². The fourth-order valence-corrected chi connectivity index (χ4v) is 1.91. The summed E-state index contributed by atoms with van der Waals surface area (Å²) in [7, 11) is 0. The lowest BCUT2D eigenvalue weighted by molar-refractivity contribution is 0.188. The predicted octanol–water partition coefficient (Wildman–Crippen LogP) is 2.81. The zero-order valence-electron chi connectivity index (χ0n) is 8.98. The number of hydrogen-bond acceptors (Lipinski definition) is 1. The number of hydrogen-bond donors (Lipinski definition) is 1. The van der Waals surface area contributed by atoms with Gasteiger partial charge in [0, 0.05) is 12.6 Å². The summed E-state index contributed by atoms with van der Waals surface area (Å²) in [6, 6.07) is 0.781. The van der Waals surface area contributed by atoms with Crippen LogP contribution in [0, 0.1) is 11.3 Å². The summed E-state index contributed by atoms with van der Waals surface area (Å²) in [5.74, 6) is 0.848. The molecule has 1 aliphatic heterocycles. The first-order valence-electron chi connectivity index (χ1n) is 5.28. The molecule has 72 valence electrons. The lowest BCUT2D eigenvalue weighted by Crippen LogP contribution is -2.45. The molecule has 0 aromatic rings. The van der Waals surface area contributed by atoms with E-state index in [1.54, 1.807) is 0 Å². The van der Waals surface area contributed by atoms with Gasteiger partial charge < -0.3 is 5.32 Å². The Morgan fingerprint density at radius 1 is 1.50 bits per heavy atom. The fraction of sp³-hybridized carbons (Fsp3) is 1.00. The lowest BCUT2D eigenvalue weighted by Gasteiger charge is -2.37. The Kier molecular flexibility index (Phi) is 3.16. The summed E-state index contributed by atoms with van der Waals surface area (Å²) in [5.41, 5.74) is 0.532. The quantitative estimate of drug-likeness (QED) is 0.670. The van der Waals surface area contributed by atoms with Crippen LogP contribution in [0.2, 0.25) is 0 Å². The van der Waals surface area contributed by atoms with Crippen LogP contribution in [0.5, 0.6) is 0 Å². The molecule has 2 atom stereocenters. The fourth-order valence-electron chi connectivity index (χ4n) is 1.91. The summed E-state index contributed by atoms with van der Waals surface area (Å²) in [6.07, 6.45) is 4.05. The van der Waals surface area contributed by atoms with Crippen molar-refractivity contribution in [1.82, 2.24) is 5.32 Å². The summed E-state index contributed by atoms with van der Waals surface area (Å²) in [4.78, 5) is 0. The molecule has 1 aliphatic rings. The monoisotopic (exact) mass is 169 g/mol. The van der Waals surface area contributed by atoms with Gasteiger partial charge in [0.25, 0.3) is 0 Å². The van der Waals surface area contributed by atoms with Crippen LogP contribution in [0.15, 0.2) is 0 Å². The van der Waals surface area contributed by atoms with E-state index in [2.05, 4.69) is 33.0 Å². The summed E-state index contributed by atoms with van der Waals surface area (Å²) in [5, 5.41) is 3.66. The largest absolute Gasteiger partial charge is 0.313 e. The van der Waals surface area contributed by atoms with Gasteiger partial charge in [0.2, 0.25) is 0 Å². The Morgan fingerprint density at radius 3 is 2.58 bits per heavy atom. The van der Waals surface area contributed by atoms with E-state index >= 15 is 0 Å². The van der Waals surface area contributed by atoms with Gasteiger partial charge in [0.15, 0.2) is 0 Å². The highest BCUT2D eigenvalue weighted by atomic mass is 14.9. The number of nitrogens with one attached hydrogen (secondary N) is 1. The molecule has 0 amide bonds. The van der Waals surface area contributed by atoms with Gasteiger partial charge in [-0.3, -0.25) is 0 Å². The molecular formula is C11H23N. The van der Waals surface area contributed by atoms with Gasteiger partial charge in [-0.1, -0.05) is 34.1 Å². The molecular weight excluding hydrogens is 146 g/mol. The Labute approximate surface area is 76.9 Å². The second-order valence-electron chi connectivity index (χ2n) is 5.08. The molecule has 0 aromatic carbocycles. The standard InChI is InChI=1S/C11H23N/c1-5-9(2)10-6-7-11(3,4)8-12-10/h9-10,12H,5-8H2,1-4H3. The Morgan fingerprint density at radius 2 is 2.17 bits per heavy atom. The Bertz CT molecular complexity index is 130. The molecule has 0 spiro atoms. The van der Waals surface area contributed by atoms with Crippen molar-refractivity contribution in [2.75, 3.05) is 6.54 Å². The first-order chi connectivity index (χ1) is 5.55. The Hall–Kier alpha value is -0.0400. The molecule has 1 nitrogen and oxygen atoms in total. The smallest absolute Gasteiger partial charge is 0.00930 e. The molecule has 1 saturated heterocycles. The third-order valence-corrected chi connectivity index (χ3v) is 3.31. The predicted molar refractivity (Wildman–Crippen MR) is 54.3 cm³/mol. The van der Waals surface area contributed by atoms with E-state index in [0.717, 1.165) is 12.0 Å². The highest BCUT2D eigenvalue weighted by molar-refractivity contribution is 4.85. The van der Waals surface area contributed by atoms with E-state index in [1.807, 2.05) is 0 Å². The van der Waals surface area contributed by atoms with Crippen LogP contribution >= 0.6 is 0 Å². The normalized spacial score (nSPS) is 31.5. The lowest BCUT2D eigenvalue weighted by atomic mass is 9.79. The van der Waals surface area contributed by atoms with Crippen LogP contribution in [-0.2, 0) is 0 Å². The molecule has 0 aliphatic carbocycles. The van der Waals surface area contributed by atoms with Gasteiger partial charge in [0.1, 0.15) is 0 Å². The maximum atomic E-state index is 3.66.